The van der Waals surface area contributed by atoms with Crippen molar-refractivity contribution >= 4 is 37.2 Å². The first-order chi connectivity index (χ1) is 7.49. The van der Waals surface area contributed by atoms with E-state index in [-0.39, 0.29) is 10.1 Å². The molecule has 4 nitrogen and oxygen atoms in total. The van der Waals surface area contributed by atoms with Crippen molar-refractivity contribution in [1.29, 1.82) is 0 Å². The largest absolute Gasteiger partial charge is 0.299 e. The van der Waals surface area contributed by atoms with Gasteiger partial charge in [-0.2, -0.15) is 0 Å². The Morgan fingerprint density at radius 2 is 2.06 bits per heavy atom. The van der Waals surface area contributed by atoms with Crippen LogP contribution in [0.5, 0.6) is 0 Å². The van der Waals surface area contributed by atoms with Crippen molar-refractivity contribution in [3.63, 3.8) is 0 Å². The molecule has 2 aromatic rings. The smallest absolute Gasteiger partial charge is 0.212 e. The van der Waals surface area contributed by atoms with Gasteiger partial charge in [0.25, 0.3) is 0 Å². The van der Waals surface area contributed by atoms with E-state index in [9.17, 15) is 13.2 Å². The van der Waals surface area contributed by atoms with Gasteiger partial charge in [0.1, 0.15) is 11.5 Å². The summed E-state index contributed by atoms with van der Waals surface area (Å²) in [5.41, 5.74) is 0.648. The van der Waals surface area contributed by atoms with Crippen LogP contribution in [0.25, 0.3) is 10.2 Å². The second-order valence-corrected chi connectivity index (χ2v) is 6.60. The molecule has 0 aliphatic rings. The number of carbonyl (C=O) groups excluding carboxylic acids is 1. The number of Topliss-reactive ketones (excluding diaryl/α,β-unsaturated/α-hetero) is 1. The van der Waals surface area contributed by atoms with Crippen molar-refractivity contribution in [3.05, 3.63) is 24.3 Å². The van der Waals surface area contributed by atoms with E-state index in [1.165, 1.54) is 6.92 Å². The topological polar surface area (TPSA) is 64.1 Å². The highest BCUT2D eigenvalue weighted by molar-refractivity contribution is 7.94. The fourth-order valence-electron chi connectivity index (χ4n) is 1.31. The van der Waals surface area contributed by atoms with Crippen molar-refractivity contribution in [2.45, 2.75) is 11.3 Å². The van der Waals surface area contributed by atoms with Crippen LogP contribution < -0.4 is 0 Å². The first kappa shape index (κ1) is 11.2. The van der Waals surface area contributed by atoms with Crippen molar-refractivity contribution in [2.75, 3.05) is 5.75 Å². The second-order valence-electron chi connectivity index (χ2n) is 3.41. The van der Waals surface area contributed by atoms with E-state index in [1.807, 2.05) is 6.07 Å². The maximum Gasteiger partial charge on any atom is 0.212 e. The number of para-hydroxylation sites is 1. The number of carbonyl (C=O) groups is 1. The number of aromatic nitrogens is 1. The molecule has 1 aromatic heterocycles. The fourth-order valence-corrected chi connectivity index (χ4v) is 3.86. The van der Waals surface area contributed by atoms with Crippen molar-refractivity contribution < 1.29 is 13.2 Å². The molecule has 0 spiro atoms. The molecule has 0 aliphatic carbocycles. The summed E-state index contributed by atoms with van der Waals surface area (Å²) in [6.45, 7) is 1.25. The number of fused-ring (bicyclic) bond motifs is 1. The van der Waals surface area contributed by atoms with Crippen LogP contribution in [0, 0.1) is 0 Å². The standard InChI is InChI=1S/C10H9NO3S2/c1-7(12)6-16(13,14)10-11-8-4-2-3-5-9(8)15-10/h2-5H,6H2,1H3. The van der Waals surface area contributed by atoms with Crippen LogP contribution in [0.3, 0.4) is 0 Å². The van der Waals surface area contributed by atoms with Gasteiger partial charge >= 0.3 is 0 Å². The van der Waals surface area contributed by atoms with E-state index in [0.717, 1.165) is 16.0 Å². The average molecular weight is 255 g/mol. The number of thiazole rings is 1. The number of ketones is 1. The van der Waals surface area contributed by atoms with Crippen molar-refractivity contribution in [2.24, 2.45) is 0 Å². The molecule has 0 atom stereocenters. The average Bonchev–Trinajstić information content (AvgIpc) is 2.59. The summed E-state index contributed by atoms with van der Waals surface area (Å²) in [6, 6.07) is 7.17. The Morgan fingerprint density at radius 1 is 1.38 bits per heavy atom. The highest BCUT2D eigenvalue weighted by Crippen LogP contribution is 2.25. The van der Waals surface area contributed by atoms with Crippen LogP contribution in [-0.2, 0) is 14.6 Å². The Hall–Kier alpha value is -1.27. The molecular weight excluding hydrogens is 246 g/mol. The zero-order valence-electron chi connectivity index (χ0n) is 8.50. The summed E-state index contributed by atoms with van der Waals surface area (Å²) in [6.07, 6.45) is 0. The number of hydrogen-bond donors (Lipinski definition) is 0. The highest BCUT2D eigenvalue weighted by Gasteiger charge is 2.21. The van der Waals surface area contributed by atoms with Gasteiger partial charge in [0.15, 0.2) is 0 Å². The predicted octanol–water partition coefficient (Wildman–Crippen LogP) is 1.66. The maximum absolute atomic E-state index is 11.7. The lowest BCUT2D eigenvalue weighted by molar-refractivity contribution is -0.114. The summed E-state index contributed by atoms with van der Waals surface area (Å²) in [5.74, 6) is -0.855. The molecule has 2 rings (SSSR count). The lowest BCUT2D eigenvalue weighted by Gasteiger charge is -1.94. The van der Waals surface area contributed by atoms with Crippen LogP contribution in [0.15, 0.2) is 28.6 Å². The van der Waals surface area contributed by atoms with E-state index in [4.69, 9.17) is 0 Å². The Balaban J connectivity index is 2.52. The van der Waals surface area contributed by atoms with Crippen LogP contribution >= 0.6 is 11.3 Å². The Morgan fingerprint density at radius 3 is 2.69 bits per heavy atom. The Bertz CT molecular complexity index is 610. The molecule has 0 N–H and O–H groups in total. The number of sulfone groups is 1. The molecule has 0 saturated carbocycles. The van der Waals surface area contributed by atoms with Gasteiger partial charge in [-0.15, -0.1) is 11.3 Å². The van der Waals surface area contributed by atoms with Crippen LogP contribution in [-0.4, -0.2) is 24.9 Å². The minimum atomic E-state index is -3.56. The van der Waals surface area contributed by atoms with Gasteiger partial charge in [-0.3, -0.25) is 4.79 Å². The van der Waals surface area contributed by atoms with Crippen LogP contribution in [0.4, 0.5) is 0 Å². The van der Waals surface area contributed by atoms with E-state index in [1.54, 1.807) is 18.2 Å². The first-order valence-electron chi connectivity index (χ1n) is 4.57. The van der Waals surface area contributed by atoms with E-state index < -0.39 is 15.6 Å². The molecule has 84 valence electrons. The molecule has 6 heteroatoms. The summed E-state index contributed by atoms with van der Waals surface area (Å²) >= 11 is 1.09. The van der Waals surface area contributed by atoms with Gasteiger partial charge < -0.3 is 0 Å². The third-order valence-corrected chi connectivity index (χ3v) is 5.19. The molecule has 16 heavy (non-hydrogen) atoms. The SMILES string of the molecule is CC(=O)CS(=O)(=O)c1nc2ccccc2s1. The number of hydrogen-bond acceptors (Lipinski definition) is 5. The summed E-state index contributed by atoms with van der Waals surface area (Å²) in [4.78, 5) is 14.9. The summed E-state index contributed by atoms with van der Waals surface area (Å²) in [7, 11) is -3.56. The quantitative estimate of drug-likeness (QED) is 0.836. The molecule has 0 unspecified atom stereocenters. The first-order valence-corrected chi connectivity index (χ1v) is 7.04. The van der Waals surface area contributed by atoms with Crippen LogP contribution in [0.1, 0.15) is 6.92 Å². The molecule has 0 saturated heterocycles. The number of rotatable bonds is 3. The molecule has 0 radical (unpaired) electrons. The molecule has 0 fully saturated rings. The number of nitrogens with zero attached hydrogens (tertiary/aromatic N) is 1. The van der Waals surface area contributed by atoms with Gasteiger partial charge in [0, 0.05) is 0 Å². The van der Waals surface area contributed by atoms with Gasteiger partial charge in [-0.1, -0.05) is 12.1 Å². The molecular formula is C10H9NO3S2. The lowest BCUT2D eigenvalue weighted by atomic mass is 10.3. The summed E-state index contributed by atoms with van der Waals surface area (Å²) in [5, 5.41) is 0. The van der Waals surface area contributed by atoms with E-state index in [0.29, 0.717) is 5.52 Å². The minimum Gasteiger partial charge on any atom is -0.299 e. The van der Waals surface area contributed by atoms with Crippen molar-refractivity contribution in [3.8, 4) is 0 Å². The van der Waals surface area contributed by atoms with Gasteiger partial charge in [-0.05, 0) is 19.1 Å². The van der Waals surface area contributed by atoms with Gasteiger partial charge in [-0.25, -0.2) is 13.4 Å². The normalized spacial score (nSPS) is 11.8. The summed E-state index contributed by atoms with van der Waals surface area (Å²) < 4.78 is 24.3. The third kappa shape index (κ3) is 2.12. The molecule has 1 aromatic carbocycles. The predicted molar refractivity (Wildman–Crippen MR) is 62.4 cm³/mol. The highest BCUT2D eigenvalue weighted by atomic mass is 32.2. The fraction of sp³-hybridized carbons (Fsp3) is 0.200. The van der Waals surface area contributed by atoms with E-state index >= 15 is 0 Å². The lowest BCUT2D eigenvalue weighted by Crippen LogP contribution is -2.12. The molecule has 0 amide bonds. The second kappa shape index (κ2) is 3.95. The zero-order chi connectivity index (χ0) is 11.8. The number of benzene rings is 1. The molecule has 1 heterocycles. The Kier molecular flexibility index (Phi) is 2.77. The van der Waals surface area contributed by atoms with Gasteiger partial charge in [0.05, 0.1) is 10.2 Å². The monoisotopic (exact) mass is 255 g/mol. The van der Waals surface area contributed by atoms with Crippen molar-refractivity contribution in [1.82, 2.24) is 4.98 Å². The zero-order valence-corrected chi connectivity index (χ0v) is 10.1. The Labute approximate surface area is 96.9 Å². The molecule has 0 bridgehead atoms. The maximum atomic E-state index is 11.7. The third-order valence-electron chi connectivity index (χ3n) is 1.93. The molecule has 0 aliphatic heterocycles. The van der Waals surface area contributed by atoms with Gasteiger partial charge in [0.2, 0.25) is 14.2 Å². The minimum absolute atomic E-state index is 0.0175. The van der Waals surface area contributed by atoms with Crippen LogP contribution in [0.2, 0.25) is 0 Å². The van der Waals surface area contributed by atoms with E-state index in [2.05, 4.69) is 4.98 Å².